The lowest BCUT2D eigenvalue weighted by Gasteiger charge is -2.24. The summed E-state index contributed by atoms with van der Waals surface area (Å²) in [6, 6.07) is 7.90. The molecule has 0 N–H and O–H groups in total. The molecule has 0 spiro atoms. The van der Waals surface area contributed by atoms with Crippen LogP contribution < -0.4 is 4.90 Å². The van der Waals surface area contributed by atoms with Crippen molar-refractivity contribution < 1.29 is 14.3 Å². The summed E-state index contributed by atoms with van der Waals surface area (Å²) in [5, 5.41) is 0. The maximum Gasteiger partial charge on any atom is 0.246 e. The van der Waals surface area contributed by atoms with Gasteiger partial charge in [0.15, 0.2) is 0 Å². The van der Waals surface area contributed by atoms with Gasteiger partial charge in [0.2, 0.25) is 11.8 Å². The largest absolute Gasteiger partial charge is 0.383 e. The van der Waals surface area contributed by atoms with Crippen LogP contribution in [0.5, 0.6) is 0 Å². The van der Waals surface area contributed by atoms with Gasteiger partial charge in [-0.1, -0.05) is 18.2 Å². The highest BCUT2D eigenvalue weighted by atomic mass is 16.5. The molecule has 20 heavy (non-hydrogen) atoms. The van der Waals surface area contributed by atoms with E-state index < -0.39 is 0 Å². The van der Waals surface area contributed by atoms with Crippen LogP contribution in [-0.4, -0.2) is 50.1 Å². The highest BCUT2D eigenvalue weighted by Gasteiger charge is 2.25. The number of anilines is 1. The number of benzene rings is 1. The zero-order valence-electron chi connectivity index (χ0n) is 12.0. The van der Waals surface area contributed by atoms with E-state index in [2.05, 4.69) is 0 Å². The van der Waals surface area contributed by atoms with Crippen molar-refractivity contribution in [2.45, 2.75) is 13.3 Å². The van der Waals surface area contributed by atoms with E-state index in [9.17, 15) is 9.59 Å². The molecule has 5 nitrogen and oxygen atoms in total. The van der Waals surface area contributed by atoms with E-state index in [1.165, 1.54) is 17.4 Å². The summed E-state index contributed by atoms with van der Waals surface area (Å²) in [6.07, 6.45) is 0.875. The molecule has 5 heteroatoms. The minimum absolute atomic E-state index is 0.0405. The zero-order valence-corrected chi connectivity index (χ0v) is 12.0. The smallest absolute Gasteiger partial charge is 0.246 e. The number of para-hydroxylation sites is 1. The maximum atomic E-state index is 12.4. The molecule has 0 aromatic heterocycles. The van der Waals surface area contributed by atoms with Crippen molar-refractivity contribution in [1.29, 1.82) is 0 Å². The summed E-state index contributed by atoms with van der Waals surface area (Å²) in [6.45, 7) is 3.14. The van der Waals surface area contributed by atoms with Gasteiger partial charge < -0.3 is 14.5 Å². The lowest BCUT2D eigenvalue weighted by Crippen LogP contribution is -2.42. The number of nitrogens with zero attached hydrogens (tertiary/aromatic N) is 2. The first kappa shape index (κ1) is 14.5. The van der Waals surface area contributed by atoms with Crippen molar-refractivity contribution in [2.24, 2.45) is 0 Å². The van der Waals surface area contributed by atoms with Gasteiger partial charge in [-0.2, -0.15) is 0 Å². The molecule has 108 valence electrons. The van der Waals surface area contributed by atoms with E-state index in [1.807, 2.05) is 24.3 Å². The van der Waals surface area contributed by atoms with Crippen molar-refractivity contribution in [3.63, 3.8) is 0 Å². The Kier molecular flexibility index (Phi) is 4.74. The first-order valence-electron chi connectivity index (χ1n) is 6.76. The number of carbonyl (C=O) groups excluding carboxylic acids is 2. The topological polar surface area (TPSA) is 49.9 Å². The van der Waals surface area contributed by atoms with Gasteiger partial charge in [-0.3, -0.25) is 9.59 Å². The van der Waals surface area contributed by atoms with Crippen molar-refractivity contribution in [3.8, 4) is 0 Å². The third-order valence-electron chi connectivity index (χ3n) is 3.52. The predicted octanol–water partition coefficient (Wildman–Crippen LogP) is 1.07. The molecule has 1 aromatic rings. The lowest BCUT2D eigenvalue weighted by atomic mass is 10.2. The number of ether oxygens (including phenoxy) is 1. The molecule has 0 unspecified atom stereocenters. The fourth-order valence-electron chi connectivity index (χ4n) is 2.40. The number of hydrogen-bond acceptors (Lipinski definition) is 3. The van der Waals surface area contributed by atoms with Crippen molar-refractivity contribution in [3.05, 3.63) is 29.8 Å². The van der Waals surface area contributed by atoms with E-state index in [0.29, 0.717) is 19.7 Å². The number of fused-ring (bicyclic) bond motifs is 1. The summed E-state index contributed by atoms with van der Waals surface area (Å²) in [4.78, 5) is 27.2. The Balaban J connectivity index is 2.03. The molecule has 1 heterocycles. The van der Waals surface area contributed by atoms with Gasteiger partial charge in [0.1, 0.15) is 6.54 Å². The van der Waals surface area contributed by atoms with Gasteiger partial charge in [0.05, 0.1) is 6.61 Å². The second-order valence-electron chi connectivity index (χ2n) is 4.86. The van der Waals surface area contributed by atoms with Crippen LogP contribution in [0.3, 0.4) is 0 Å². The quantitative estimate of drug-likeness (QED) is 0.808. The second-order valence-corrected chi connectivity index (χ2v) is 4.86. The van der Waals surface area contributed by atoms with Crippen LogP contribution in [0.4, 0.5) is 5.69 Å². The van der Waals surface area contributed by atoms with Gasteiger partial charge in [-0.05, 0) is 18.1 Å². The Morgan fingerprint density at radius 3 is 2.80 bits per heavy atom. The summed E-state index contributed by atoms with van der Waals surface area (Å²) in [5.74, 6) is -0.149. The molecule has 0 bridgehead atoms. The monoisotopic (exact) mass is 276 g/mol. The van der Waals surface area contributed by atoms with E-state index in [0.717, 1.165) is 12.1 Å². The Hall–Kier alpha value is -1.88. The molecule has 0 aliphatic carbocycles. The molecule has 0 atom stereocenters. The Morgan fingerprint density at radius 1 is 1.35 bits per heavy atom. The highest BCUT2D eigenvalue weighted by Crippen LogP contribution is 2.27. The number of carbonyl (C=O) groups is 2. The number of amides is 2. The Morgan fingerprint density at radius 2 is 2.10 bits per heavy atom. The number of rotatable bonds is 5. The third kappa shape index (κ3) is 3.17. The van der Waals surface area contributed by atoms with Crippen LogP contribution in [-0.2, 0) is 20.7 Å². The average molecular weight is 276 g/mol. The highest BCUT2D eigenvalue weighted by molar-refractivity contribution is 5.98. The first-order chi connectivity index (χ1) is 9.63. The summed E-state index contributed by atoms with van der Waals surface area (Å²) in [7, 11) is 1.58. The van der Waals surface area contributed by atoms with Crippen LogP contribution >= 0.6 is 0 Å². The molecule has 1 aromatic carbocycles. The summed E-state index contributed by atoms with van der Waals surface area (Å²) >= 11 is 0. The predicted molar refractivity (Wildman–Crippen MR) is 76.6 cm³/mol. The SMILES string of the molecule is COCCN(CC(=O)N1CCc2ccccc21)C(C)=O. The molecule has 0 saturated carbocycles. The van der Waals surface area contributed by atoms with Gasteiger partial charge in [-0.25, -0.2) is 0 Å². The van der Waals surface area contributed by atoms with E-state index in [1.54, 1.807) is 12.0 Å². The first-order valence-corrected chi connectivity index (χ1v) is 6.76. The molecule has 0 radical (unpaired) electrons. The van der Waals surface area contributed by atoms with Gasteiger partial charge >= 0.3 is 0 Å². The number of methoxy groups -OCH3 is 1. The normalized spacial score (nSPS) is 13.2. The molecular weight excluding hydrogens is 256 g/mol. The summed E-state index contributed by atoms with van der Waals surface area (Å²) < 4.78 is 4.97. The Labute approximate surface area is 119 Å². The second kappa shape index (κ2) is 6.52. The Bertz CT molecular complexity index is 502. The molecule has 0 saturated heterocycles. The lowest BCUT2D eigenvalue weighted by molar-refractivity contribution is -0.134. The van der Waals surface area contributed by atoms with Crippen molar-refractivity contribution in [1.82, 2.24) is 4.90 Å². The maximum absolute atomic E-state index is 12.4. The molecule has 2 rings (SSSR count). The van der Waals surface area contributed by atoms with Crippen LogP contribution in [0.2, 0.25) is 0 Å². The van der Waals surface area contributed by atoms with Crippen LogP contribution in [0.15, 0.2) is 24.3 Å². The molecule has 0 fully saturated rings. The van der Waals surface area contributed by atoms with Gasteiger partial charge in [0.25, 0.3) is 0 Å². The molecule has 1 aliphatic heterocycles. The minimum Gasteiger partial charge on any atom is -0.383 e. The zero-order chi connectivity index (χ0) is 14.5. The fraction of sp³-hybridized carbons (Fsp3) is 0.467. The van der Waals surface area contributed by atoms with Crippen molar-refractivity contribution in [2.75, 3.05) is 38.3 Å². The average Bonchev–Trinajstić information content (AvgIpc) is 2.87. The standard InChI is InChI=1S/C15H20N2O3/c1-12(18)16(9-10-20-2)11-15(19)17-8-7-13-5-3-4-6-14(13)17/h3-6H,7-11H2,1-2H3. The minimum atomic E-state index is -0.108. The molecular formula is C15H20N2O3. The molecule has 2 amide bonds. The summed E-state index contributed by atoms with van der Waals surface area (Å²) in [5.41, 5.74) is 2.15. The van der Waals surface area contributed by atoms with Crippen LogP contribution in [0, 0.1) is 0 Å². The molecule has 1 aliphatic rings. The van der Waals surface area contributed by atoms with Gasteiger partial charge in [0, 0.05) is 32.8 Å². The van der Waals surface area contributed by atoms with E-state index >= 15 is 0 Å². The van der Waals surface area contributed by atoms with E-state index in [-0.39, 0.29) is 18.4 Å². The third-order valence-corrected chi connectivity index (χ3v) is 3.52. The van der Waals surface area contributed by atoms with E-state index in [4.69, 9.17) is 4.74 Å². The van der Waals surface area contributed by atoms with Crippen LogP contribution in [0.25, 0.3) is 0 Å². The van der Waals surface area contributed by atoms with Gasteiger partial charge in [-0.15, -0.1) is 0 Å². The van der Waals surface area contributed by atoms with Crippen LogP contribution in [0.1, 0.15) is 12.5 Å². The fourth-order valence-corrected chi connectivity index (χ4v) is 2.40. The number of hydrogen-bond donors (Lipinski definition) is 0. The van der Waals surface area contributed by atoms with Crippen molar-refractivity contribution >= 4 is 17.5 Å².